The van der Waals surface area contributed by atoms with Crippen molar-refractivity contribution in [1.29, 1.82) is 0 Å². The molecule has 110 valence electrons. The molecule has 0 spiro atoms. The lowest BCUT2D eigenvalue weighted by Gasteiger charge is -2.30. The van der Waals surface area contributed by atoms with E-state index < -0.39 is 0 Å². The summed E-state index contributed by atoms with van der Waals surface area (Å²) >= 11 is 0. The van der Waals surface area contributed by atoms with Crippen LogP contribution in [0.5, 0.6) is 0 Å². The van der Waals surface area contributed by atoms with Gasteiger partial charge in [-0.25, -0.2) is 0 Å². The molecule has 1 saturated carbocycles. The van der Waals surface area contributed by atoms with Crippen LogP contribution >= 0.6 is 0 Å². The minimum absolute atomic E-state index is 0.230. The van der Waals surface area contributed by atoms with Crippen LogP contribution < -0.4 is 0 Å². The number of hydrogen-bond acceptors (Lipinski definition) is 2. The number of carbonyl (C=O) groups excluding carboxylic acids is 2. The number of rotatable bonds is 1. The fourth-order valence-corrected chi connectivity index (χ4v) is 4.61. The van der Waals surface area contributed by atoms with Gasteiger partial charge < -0.3 is 0 Å². The van der Waals surface area contributed by atoms with Crippen LogP contribution in [0, 0.1) is 17.8 Å². The molecule has 0 amide bonds. The molecule has 2 nitrogen and oxygen atoms in total. The maximum atomic E-state index is 11.9. The minimum Gasteiger partial charge on any atom is -0.290 e. The molecule has 3 aliphatic rings. The predicted molar refractivity (Wildman–Crippen MR) is 81.5 cm³/mol. The topological polar surface area (TPSA) is 34.1 Å². The zero-order valence-corrected chi connectivity index (χ0v) is 12.7. The number of Topliss-reactive ketones (excluding diaryl/α,β-unsaturated/α-hetero) is 2. The lowest BCUT2D eigenvalue weighted by molar-refractivity contribution is -0.114. The third-order valence-electron chi connectivity index (χ3n) is 5.97. The monoisotopic (exact) mass is 282 g/mol. The van der Waals surface area contributed by atoms with E-state index in [1.165, 1.54) is 36.8 Å². The Hall–Kier alpha value is -1.44. The Morgan fingerprint density at radius 2 is 1.52 bits per heavy atom. The van der Waals surface area contributed by atoms with Crippen molar-refractivity contribution in [2.75, 3.05) is 0 Å². The highest BCUT2D eigenvalue weighted by Crippen LogP contribution is 2.41. The average molecular weight is 282 g/mol. The Morgan fingerprint density at radius 1 is 0.857 bits per heavy atom. The molecule has 2 heteroatoms. The van der Waals surface area contributed by atoms with Gasteiger partial charge in [-0.3, -0.25) is 9.59 Å². The van der Waals surface area contributed by atoms with E-state index in [0.717, 1.165) is 36.2 Å². The smallest absolute Gasteiger partial charge is 0.229 e. The summed E-state index contributed by atoms with van der Waals surface area (Å²) in [7, 11) is 0. The fourth-order valence-electron chi connectivity index (χ4n) is 4.61. The summed E-state index contributed by atoms with van der Waals surface area (Å²) < 4.78 is 0. The van der Waals surface area contributed by atoms with Crippen molar-refractivity contribution < 1.29 is 9.59 Å². The highest BCUT2D eigenvalue weighted by Gasteiger charge is 2.34. The summed E-state index contributed by atoms with van der Waals surface area (Å²) in [6.07, 6.45) is 8.09. The van der Waals surface area contributed by atoms with E-state index >= 15 is 0 Å². The van der Waals surface area contributed by atoms with Crippen molar-refractivity contribution >= 4 is 11.6 Å². The van der Waals surface area contributed by atoms with E-state index in [4.69, 9.17) is 0 Å². The van der Waals surface area contributed by atoms with Gasteiger partial charge in [-0.15, -0.1) is 0 Å². The van der Waals surface area contributed by atoms with Crippen LogP contribution in [0.1, 0.15) is 59.7 Å². The summed E-state index contributed by atoms with van der Waals surface area (Å²) in [6, 6.07) is 4.18. The standard InChI is InChI=1S/C19H22O2/c1-11-2-4-12(5-3-11)13-6-14-8-16-10-18(20)19(21)17(16)9-15(14)7-13/h8-9,11-13H,2-7,10H2,1H3. The first-order valence-corrected chi connectivity index (χ1v) is 8.34. The maximum Gasteiger partial charge on any atom is 0.229 e. The second kappa shape index (κ2) is 4.79. The second-order valence-corrected chi connectivity index (χ2v) is 7.40. The molecule has 4 rings (SSSR count). The van der Waals surface area contributed by atoms with Crippen molar-refractivity contribution in [2.24, 2.45) is 17.8 Å². The van der Waals surface area contributed by atoms with Gasteiger partial charge in [0.2, 0.25) is 11.6 Å². The van der Waals surface area contributed by atoms with Crippen LogP contribution in [-0.4, -0.2) is 11.6 Å². The van der Waals surface area contributed by atoms with Crippen LogP contribution in [0.15, 0.2) is 12.1 Å². The maximum absolute atomic E-state index is 11.9. The number of ketones is 2. The first-order valence-electron chi connectivity index (χ1n) is 8.34. The summed E-state index contributed by atoms with van der Waals surface area (Å²) in [5.41, 5.74) is 4.40. The van der Waals surface area contributed by atoms with Crippen molar-refractivity contribution in [2.45, 2.75) is 51.9 Å². The van der Waals surface area contributed by atoms with Gasteiger partial charge in [0.15, 0.2) is 0 Å². The molecule has 0 N–H and O–H groups in total. The Labute approximate surface area is 125 Å². The number of carbonyl (C=O) groups is 2. The summed E-state index contributed by atoms with van der Waals surface area (Å²) in [4.78, 5) is 23.4. The van der Waals surface area contributed by atoms with Gasteiger partial charge in [0.05, 0.1) is 0 Å². The minimum atomic E-state index is -0.261. The largest absolute Gasteiger partial charge is 0.290 e. The Balaban J connectivity index is 1.56. The van der Waals surface area contributed by atoms with Gasteiger partial charge >= 0.3 is 0 Å². The number of benzene rings is 1. The van der Waals surface area contributed by atoms with Gasteiger partial charge in [0.1, 0.15) is 0 Å². The van der Waals surface area contributed by atoms with Crippen molar-refractivity contribution in [1.82, 2.24) is 0 Å². The van der Waals surface area contributed by atoms with E-state index in [1.807, 2.05) is 6.07 Å². The Kier molecular flexibility index (Phi) is 3.02. The third-order valence-corrected chi connectivity index (χ3v) is 5.97. The molecule has 0 aromatic heterocycles. The van der Waals surface area contributed by atoms with Crippen LogP contribution in [-0.2, 0) is 24.1 Å². The predicted octanol–water partition coefficient (Wildman–Crippen LogP) is 3.54. The Morgan fingerprint density at radius 3 is 2.24 bits per heavy atom. The van der Waals surface area contributed by atoms with E-state index in [9.17, 15) is 9.59 Å². The van der Waals surface area contributed by atoms with Gasteiger partial charge in [0.25, 0.3) is 0 Å². The molecule has 0 bridgehead atoms. The lowest BCUT2D eigenvalue weighted by atomic mass is 9.75. The Bertz CT molecular complexity index is 621. The molecule has 0 saturated heterocycles. The van der Waals surface area contributed by atoms with Crippen molar-refractivity contribution in [3.63, 3.8) is 0 Å². The quantitative estimate of drug-likeness (QED) is 0.738. The first kappa shape index (κ1) is 13.2. The molecule has 0 aliphatic heterocycles. The van der Waals surface area contributed by atoms with Gasteiger partial charge in [-0.1, -0.05) is 25.8 Å². The van der Waals surface area contributed by atoms with E-state index in [-0.39, 0.29) is 11.6 Å². The molecule has 21 heavy (non-hydrogen) atoms. The molecular weight excluding hydrogens is 260 g/mol. The normalized spacial score (nSPS) is 31.4. The highest BCUT2D eigenvalue weighted by molar-refractivity contribution is 6.47. The molecule has 1 aromatic rings. The van der Waals surface area contributed by atoms with E-state index in [0.29, 0.717) is 12.0 Å². The fraction of sp³-hybridized carbons (Fsp3) is 0.579. The molecule has 1 unspecified atom stereocenters. The lowest BCUT2D eigenvalue weighted by Crippen LogP contribution is -2.21. The number of hydrogen-bond donors (Lipinski definition) is 0. The van der Waals surface area contributed by atoms with Crippen molar-refractivity contribution in [3.8, 4) is 0 Å². The third kappa shape index (κ3) is 2.16. The van der Waals surface area contributed by atoms with Gasteiger partial charge in [0, 0.05) is 12.0 Å². The van der Waals surface area contributed by atoms with E-state index in [2.05, 4.69) is 13.0 Å². The first-order chi connectivity index (χ1) is 10.1. The highest BCUT2D eigenvalue weighted by atomic mass is 16.2. The average Bonchev–Trinajstić information content (AvgIpc) is 2.99. The SMILES string of the molecule is CC1CCC(C2Cc3cc4c(cc3C2)C(=O)C(=O)C4)CC1. The molecular formula is C19H22O2. The summed E-state index contributed by atoms with van der Waals surface area (Å²) in [6.45, 7) is 2.37. The molecule has 1 atom stereocenters. The zero-order valence-electron chi connectivity index (χ0n) is 12.7. The molecule has 1 aromatic carbocycles. The molecule has 0 heterocycles. The molecule has 3 aliphatic carbocycles. The molecule has 1 fully saturated rings. The van der Waals surface area contributed by atoms with Crippen molar-refractivity contribution in [3.05, 3.63) is 34.4 Å². The van der Waals surface area contributed by atoms with Crippen LogP contribution in [0.25, 0.3) is 0 Å². The molecule has 0 radical (unpaired) electrons. The van der Waals surface area contributed by atoms with Gasteiger partial charge in [-0.05, 0) is 66.2 Å². The van der Waals surface area contributed by atoms with Crippen LogP contribution in [0.3, 0.4) is 0 Å². The van der Waals surface area contributed by atoms with Crippen LogP contribution in [0.4, 0.5) is 0 Å². The van der Waals surface area contributed by atoms with Gasteiger partial charge in [-0.2, -0.15) is 0 Å². The van der Waals surface area contributed by atoms with Crippen LogP contribution in [0.2, 0.25) is 0 Å². The summed E-state index contributed by atoms with van der Waals surface area (Å²) in [5, 5.41) is 0. The zero-order chi connectivity index (χ0) is 14.6. The van der Waals surface area contributed by atoms with E-state index in [1.54, 1.807) is 0 Å². The number of fused-ring (bicyclic) bond motifs is 2. The summed E-state index contributed by atoms with van der Waals surface area (Å²) in [5.74, 6) is 2.04. The second-order valence-electron chi connectivity index (χ2n) is 7.40.